The highest BCUT2D eigenvalue weighted by molar-refractivity contribution is 6.01. The molecule has 0 aliphatic carbocycles. The van der Waals surface area contributed by atoms with Crippen molar-refractivity contribution in [2.75, 3.05) is 0 Å². The molecule has 0 atom stereocenters. The van der Waals surface area contributed by atoms with Crippen LogP contribution >= 0.6 is 0 Å². The Bertz CT molecular complexity index is 1160. The quantitative estimate of drug-likeness (QED) is 0.294. The van der Waals surface area contributed by atoms with Gasteiger partial charge in [0.25, 0.3) is 0 Å². The van der Waals surface area contributed by atoms with Gasteiger partial charge in [-0.05, 0) is 69.9 Å². The largest absolute Gasteiger partial charge is 0.508 e. The van der Waals surface area contributed by atoms with Crippen LogP contribution < -0.4 is 0 Å². The molecule has 0 bridgehead atoms. The van der Waals surface area contributed by atoms with Crippen molar-refractivity contribution in [1.29, 1.82) is 0 Å². The van der Waals surface area contributed by atoms with Gasteiger partial charge in [0.15, 0.2) is 0 Å². The van der Waals surface area contributed by atoms with Gasteiger partial charge in [-0.25, -0.2) is 0 Å². The van der Waals surface area contributed by atoms with Crippen LogP contribution in [0.15, 0.2) is 91.0 Å². The third kappa shape index (κ3) is 3.50. The van der Waals surface area contributed by atoms with Crippen molar-refractivity contribution in [2.45, 2.75) is 13.8 Å². The third-order valence-corrected chi connectivity index (χ3v) is 5.02. The second-order valence-corrected chi connectivity index (χ2v) is 6.98. The minimum atomic E-state index is 0.325. The Morgan fingerprint density at radius 2 is 1.07 bits per heavy atom. The lowest BCUT2D eigenvalue weighted by atomic mass is 9.98. The average Bonchev–Trinajstić information content (AvgIpc) is 2.69. The van der Waals surface area contributed by atoms with Crippen molar-refractivity contribution >= 4 is 32.3 Å². The van der Waals surface area contributed by atoms with Crippen LogP contribution in [-0.4, -0.2) is 5.11 Å². The Kier molecular flexibility index (Phi) is 4.52. The first-order valence-corrected chi connectivity index (χ1v) is 9.18. The number of fused-ring (bicyclic) bond motifs is 3. The number of aromatic hydroxyl groups is 1. The maximum Gasteiger partial charge on any atom is 0.116 e. The predicted molar refractivity (Wildman–Crippen MR) is 117 cm³/mol. The summed E-state index contributed by atoms with van der Waals surface area (Å²) in [4.78, 5) is 0. The Morgan fingerprint density at radius 1 is 0.519 bits per heavy atom. The van der Waals surface area contributed by atoms with Gasteiger partial charge in [-0.1, -0.05) is 78.4 Å². The van der Waals surface area contributed by atoms with E-state index in [1.807, 2.05) is 18.2 Å². The summed E-state index contributed by atoms with van der Waals surface area (Å²) in [7, 11) is 0. The SMILES string of the molecule is Cc1c2ccccc2cc2ccccc12.Cc1ccc2cc(O)ccc2c1. The first kappa shape index (κ1) is 17.1. The maximum atomic E-state index is 9.20. The van der Waals surface area contributed by atoms with Gasteiger partial charge >= 0.3 is 0 Å². The second-order valence-electron chi connectivity index (χ2n) is 6.98. The summed E-state index contributed by atoms with van der Waals surface area (Å²) in [5.41, 5.74) is 2.62. The van der Waals surface area contributed by atoms with Crippen LogP contribution in [0.4, 0.5) is 0 Å². The van der Waals surface area contributed by atoms with Gasteiger partial charge in [-0.2, -0.15) is 0 Å². The summed E-state index contributed by atoms with van der Waals surface area (Å²) in [6.07, 6.45) is 0. The molecule has 0 saturated carbocycles. The molecule has 5 aromatic rings. The summed E-state index contributed by atoms with van der Waals surface area (Å²) in [6, 6.07) is 31.0. The molecule has 1 nitrogen and oxygen atoms in total. The van der Waals surface area contributed by atoms with Crippen LogP contribution in [0.5, 0.6) is 5.75 Å². The van der Waals surface area contributed by atoms with Crippen LogP contribution in [0, 0.1) is 13.8 Å². The van der Waals surface area contributed by atoms with E-state index in [-0.39, 0.29) is 0 Å². The maximum absolute atomic E-state index is 9.20. The number of benzene rings is 5. The first-order valence-electron chi connectivity index (χ1n) is 9.18. The normalized spacial score (nSPS) is 10.7. The molecule has 0 aromatic heterocycles. The summed E-state index contributed by atoms with van der Waals surface area (Å²) < 4.78 is 0. The fourth-order valence-corrected chi connectivity index (χ4v) is 3.59. The first-order chi connectivity index (χ1) is 13.1. The van der Waals surface area contributed by atoms with E-state index in [2.05, 4.69) is 74.5 Å². The van der Waals surface area contributed by atoms with Gasteiger partial charge in [0.1, 0.15) is 5.75 Å². The zero-order valence-corrected chi connectivity index (χ0v) is 15.6. The lowest BCUT2D eigenvalue weighted by Gasteiger charge is -2.06. The molecule has 0 aliphatic heterocycles. The molecular formula is C26H22O. The standard InChI is InChI=1S/C15H12.C11H10O/c1-11-14-8-4-2-6-12(14)10-13-7-3-5-9-15(11)13;1-8-2-3-10-7-11(12)5-4-9(10)6-8/h2-10H,1H3;2-7,12H,1H3. The number of rotatable bonds is 0. The molecule has 0 spiro atoms. The number of hydrogen-bond donors (Lipinski definition) is 1. The highest BCUT2D eigenvalue weighted by atomic mass is 16.3. The van der Waals surface area contributed by atoms with E-state index in [1.54, 1.807) is 12.1 Å². The topological polar surface area (TPSA) is 20.2 Å². The summed E-state index contributed by atoms with van der Waals surface area (Å²) >= 11 is 0. The molecule has 27 heavy (non-hydrogen) atoms. The van der Waals surface area contributed by atoms with Crippen molar-refractivity contribution in [3.05, 3.63) is 102 Å². The van der Waals surface area contributed by atoms with Gasteiger partial charge < -0.3 is 5.11 Å². The molecule has 1 N–H and O–H groups in total. The Labute approximate surface area is 159 Å². The molecule has 0 fully saturated rings. The van der Waals surface area contributed by atoms with Crippen molar-refractivity contribution in [3.63, 3.8) is 0 Å². The molecule has 0 amide bonds. The van der Waals surface area contributed by atoms with Gasteiger partial charge in [-0.3, -0.25) is 0 Å². The van der Waals surface area contributed by atoms with Gasteiger partial charge in [-0.15, -0.1) is 0 Å². The van der Waals surface area contributed by atoms with Crippen LogP contribution in [0.25, 0.3) is 32.3 Å². The molecule has 0 aliphatic rings. The van der Waals surface area contributed by atoms with E-state index in [4.69, 9.17) is 0 Å². The second kappa shape index (κ2) is 7.13. The van der Waals surface area contributed by atoms with Gasteiger partial charge in [0.2, 0.25) is 0 Å². The Hall–Kier alpha value is -3.32. The smallest absolute Gasteiger partial charge is 0.116 e. The van der Waals surface area contributed by atoms with Crippen LogP contribution in [0.2, 0.25) is 0 Å². The third-order valence-electron chi connectivity index (χ3n) is 5.02. The zero-order chi connectivity index (χ0) is 18.8. The number of phenols is 1. The summed E-state index contributed by atoms with van der Waals surface area (Å²) in [5.74, 6) is 0.325. The monoisotopic (exact) mass is 350 g/mol. The van der Waals surface area contributed by atoms with Crippen LogP contribution in [0.1, 0.15) is 11.1 Å². The summed E-state index contributed by atoms with van der Waals surface area (Å²) in [6.45, 7) is 4.26. The van der Waals surface area contributed by atoms with Crippen LogP contribution in [0.3, 0.4) is 0 Å². The van der Waals surface area contributed by atoms with E-state index in [9.17, 15) is 5.11 Å². The van der Waals surface area contributed by atoms with Gasteiger partial charge in [0, 0.05) is 0 Å². The van der Waals surface area contributed by atoms with E-state index in [0.29, 0.717) is 5.75 Å². The van der Waals surface area contributed by atoms with Crippen molar-refractivity contribution in [2.24, 2.45) is 0 Å². The average molecular weight is 350 g/mol. The zero-order valence-electron chi connectivity index (χ0n) is 15.6. The highest BCUT2D eigenvalue weighted by Crippen LogP contribution is 2.27. The minimum absolute atomic E-state index is 0.325. The predicted octanol–water partition coefficient (Wildman–Crippen LogP) is 7.16. The Morgan fingerprint density at radius 3 is 1.74 bits per heavy atom. The fraction of sp³-hybridized carbons (Fsp3) is 0.0769. The van der Waals surface area contributed by atoms with Crippen molar-refractivity contribution < 1.29 is 5.11 Å². The van der Waals surface area contributed by atoms with Crippen molar-refractivity contribution in [1.82, 2.24) is 0 Å². The van der Waals surface area contributed by atoms with Crippen molar-refractivity contribution in [3.8, 4) is 5.75 Å². The fourth-order valence-electron chi connectivity index (χ4n) is 3.59. The molecular weight excluding hydrogens is 328 g/mol. The molecule has 0 saturated heterocycles. The number of phenolic OH excluding ortho intramolecular Hbond substituents is 1. The molecule has 0 radical (unpaired) electrons. The van der Waals surface area contributed by atoms with Gasteiger partial charge in [0.05, 0.1) is 0 Å². The molecule has 5 rings (SSSR count). The molecule has 5 aromatic carbocycles. The lowest BCUT2D eigenvalue weighted by Crippen LogP contribution is -1.81. The molecule has 0 unspecified atom stereocenters. The minimum Gasteiger partial charge on any atom is -0.508 e. The molecule has 0 heterocycles. The lowest BCUT2D eigenvalue weighted by molar-refractivity contribution is 0.476. The van der Waals surface area contributed by atoms with E-state index in [0.717, 1.165) is 5.39 Å². The summed E-state index contributed by atoms with van der Waals surface area (Å²) in [5, 5.41) is 16.8. The number of aryl methyl sites for hydroxylation is 2. The Balaban J connectivity index is 0.000000137. The number of hydrogen-bond acceptors (Lipinski definition) is 1. The van der Waals surface area contributed by atoms with E-state index < -0.39 is 0 Å². The highest BCUT2D eigenvalue weighted by Gasteiger charge is 2.01. The molecule has 132 valence electrons. The van der Waals surface area contributed by atoms with Crippen LogP contribution in [-0.2, 0) is 0 Å². The molecule has 1 heteroatoms. The van der Waals surface area contributed by atoms with E-state index in [1.165, 1.54) is 38.1 Å². The van der Waals surface area contributed by atoms with E-state index >= 15 is 0 Å².